The molecule has 2 rings (SSSR count). The summed E-state index contributed by atoms with van der Waals surface area (Å²) in [5.74, 6) is 0.845. The Kier molecular flexibility index (Phi) is 15.2. The highest BCUT2D eigenvalue weighted by Gasteiger charge is 2.34. The van der Waals surface area contributed by atoms with E-state index in [2.05, 4.69) is 54.8 Å². The smallest absolute Gasteiger partial charge is 0.191 e. The molecular weight excluding hydrogens is 493 g/mol. The van der Waals surface area contributed by atoms with Crippen molar-refractivity contribution in [3.63, 3.8) is 0 Å². The molecule has 1 aromatic carbocycles. The van der Waals surface area contributed by atoms with Crippen LogP contribution in [0.2, 0.25) is 0 Å². The Morgan fingerprint density at radius 2 is 1.70 bits per heavy atom. The van der Waals surface area contributed by atoms with Crippen molar-refractivity contribution >= 4 is 29.9 Å². The molecule has 0 unspecified atom stereocenters. The summed E-state index contributed by atoms with van der Waals surface area (Å²) in [6.45, 7) is 10.9. The second-order valence-electron chi connectivity index (χ2n) is 7.46. The summed E-state index contributed by atoms with van der Waals surface area (Å²) in [4.78, 5) is 4.91. The van der Waals surface area contributed by atoms with E-state index in [4.69, 9.17) is 19.2 Å². The van der Waals surface area contributed by atoms with Crippen LogP contribution in [0.3, 0.4) is 0 Å². The highest BCUT2D eigenvalue weighted by molar-refractivity contribution is 14.0. The predicted molar refractivity (Wildman–Crippen MR) is 134 cm³/mol. The number of unbranched alkanes of at least 4 members (excludes halogenated alkanes) is 1. The van der Waals surface area contributed by atoms with Gasteiger partial charge in [-0.25, -0.2) is 0 Å². The summed E-state index contributed by atoms with van der Waals surface area (Å²) >= 11 is 0. The fourth-order valence-electron chi connectivity index (χ4n) is 3.47. The zero-order valence-corrected chi connectivity index (χ0v) is 21.0. The van der Waals surface area contributed by atoms with Crippen LogP contribution >= 0.6 is 24.0 Å². The molecule has 2 N–H and O–H groups in total. The third kappa shape index (κ3) is 9.94. The molecule has 1 fully saturated rings. The van der Waals surface area contributed by atoms with Crippen LogP contribution in [0.5, 0.6) is 0 Å². The van der Waals surface area contributed by atoms with E-state index in [1.54, 1.807) is 0 Å². The number of nitrogens with zero attached hydrogens (tertiary/aromatic N) is 1. The van der Waals surface area contributed by atoms with Gasteiger partial charge in [-0.2, -0.15) is 0 Å². The third-order valence-electron chi connectivity index (χ3n) is 5.27. The summed E-state index contributed by atoms with van der Waals surface area (Å²) in [5.41, 5.74) is 1.41. The van der Waals surface area contributed by atoms with Crippen molar-refractivity contribution in [1.82, 2.24) is 10.6 Å². The summed E-state index contributed by atoms with van der Waals surface area (Å²) in [7, 11) is 0. The molecule has 172 valence electrons. The highest BCUT2D eigenvalue weighted by Crippen LogP contribution is 2.35. The molecule has 1 heterocycles. The molecule has 0 amide bonds. The zero-order valence-electron chi connectivity index (χ0n) is 18.7. The van der Waals surface area contributed by atoms with Gasteiger partial charge in [0.1, 0.15) is 0 Å². The van der Waals surface area contributed by atoms with Crippen molar-refractivity contribution in [2.45, 2.75) is 44.9 Å². The lowest BCUT2D eigenvalue weighted by Crippen LogP contribution is -2.42. The summed E-state index contributed by atoms with van der Waals surface area (Å²) in [5, 5.41) is 6.73. The van der Waals surface area contributed by atoms with Gasteiger partial charge in [-0.15, -0.1) is 24.0 Å². The number of guanidine groups is 1. The summed E-state index contributed by atoms with van der Waals surface area (Å²) in [6, 6.07) is 10.7. The van der Waals surface area contributed by atoms with Crippen LogP contribution in [-0.2, 0) is 19.6 Å². The first-order valence-electron chi connectivity index (χ1n) is 11.1. The number of benzene rings is 1. The molecule has 7 heteroatoms. The third-order valence-corrected chi connectivity index (χ3v) is 5.27. The van der Waals surface area contributed by atoms with E-state index in [-0.39, 0.29) is 29.4 Å². The molecular formula is C23H40IN3O3. The van der Waals surface area contributed by atoms with Gasteiger partial charge < -0.3 is 24.8 Å². The number of aliphatic imine (C=N–C) groups is 1. The lowest BCUT2D eigenvalue weighted by Gasteiger charge is -2.36. The molecule has 1 aromatic rings. The van der Waals surface area contributed by atoms with Gasteiger partial charge >= 0.3 is 0 Å². The molecule has 0 spiro atoms. The number of nitrogens with one attached hydrogen (secondary N) is 2. The fourth-order valence-corrected chi connectivity index (χ4v) is 3.47. The van der Waals surface area contributed by atoms with E-state index in [0.717, 1.165) is 71.1 Å². The standard InChI is InChI=1S/C23H39N3O3.HI/c1-3-5-14-27-18-19-29-17-13-25-22(24-4-2)26-20-23(11-15-28-16-12-23)21-9-7-6-8-10-21;/h6-10H,3-5,11-20H2,1-2H3,(H2,24,25,26);1H. The van der Waals surface area contributed by atoms with Crippen LogP contribution in [0.1, 0.15) is 45.1 Å². The van der Waals surface area contributed by atoms with E-state index >= 15 is 0 Å². The van der Waals surface area contributed by atoms with Crippen LogP contribution in [0.4, 0.5) is 0 Å². The van der Waals surface area contributed by atoms with Crippen LogP contribution in [0.25, 0.3) is 0 Å². The number of hydrogen-bond acceptors (Lipinski definition) is 4. The van der Waals surface area contributed by atoms with Crippen molar-refractivity contribution in [2.75, 3.05) is 59.3 Å². The van der Waals surface area contributed by atoms with E-state index in [9.17, 15) is 0 Å². The van der Waals surface area contributed by atoms with Crippen LogP contribution in [0.15, 0.2) is 35.3 Å². The Balaban J connectivity index is 0.00000450. The second-order valence-corrected chi connectivity index (χ2v) is 7.46. The summed E-state index contributed by atoms with van der Waals surface area (Å²) < 4.78 is 16.8. The molecule has 1 saturated heterocycles. The van der Waals surface area contributed by atoms with Gasteiger partial charge in [0, 0.05) is 38.3 Å². The Morgan fingerprint density at radius 3 is 2.37 bits per heavy atom. The molecule has 0 aliphatic carbocycles. The van der Waals surface area contributed by atoms with Crippen molar-refractivity contribution in [3.8, 4) is 0 Å². The molecule has 0 atom stereocenters. The first-order chi connectivity index (χ1) is 14.3. The minimum atomic E-state index is 0. The Bertz CT molecular complexity index is 566. The minimum Gasteiger partial charge on any atom is -0.381 e. The van der Waals surface area contributed by atoms with Crippen molar-refractivity contribution in [1.29, 1.82) is 0 Å². The lowest BCUT2D eigenvalue weighted by atomic mass is 9.74. The molecule has 30 heavy (non-hydrogen) atoms. The van der Waals surface area contributed by atoms with Crippen LogP contribution < -0.4 is 10.6 Å². The van der Waals surface area contributed by atoms with Crippen molar-refractivity contribution in [2.24, 2.45) is 4.99 Å². The van der Waals surface area contributed by atoms with Gasteiger partial charge in [0.25, 0.3) is 0 Å². The van der Waals surface area contributed by atoms with Gasteiger partial charge in [0.15, 0.2) is 5.96 Å². The maximum atomic E-state index is 5.64. The zero-order chi connectivity index (χ0) is 20.6. The predicted octanol–water partition coefficient (Wildman–Crippen LogP) is 3.74. The van der Waals surface area contributed by atoms with Crippen LogP contribution in [-0.4, -0.2) is 65.2 Å². The second kappa shape index (κ2) is 16.8. The Morgan fingerprint density at radius 1 is 1.00 bits per heavy atom. The van der Waals surface area contributed by atoms with Crippen molar-refractivity contribution < 1.29 is 14.2 Å². The van der Waals surface area contributed by atoms with Gasteiger partial charge in [-0.05, 0) is 31.7 Å². The largest absolute Gasteiger partial charge is 0.381 e. The normalized spacial score (nSPS) is 16.0. The average molecular weight is 533 g/mol. The first kappa shape index (κ1) is 27.1. The van der Waals surface area contributed by atoms with E-state index in [1.807, 2.05) is 0 Å². The highest BCUT2D eigenvalue weighted by atomic mass is 127. The number of rotatable bonds is 13. The SMILES string of the molecule is CCCCOCCOCCNC(=NCC1(c2ccccc2)CCOCC1)NCC.I. The lowest BCUT2D eigenvalue weighted by molar-refractivity contribution is 0.0486. The monoisotopic (exact) mass is 533 g/mol. The van der Waals surface area contributed by atoms with E-state index in [1.165, 1.54) is 5.56 Å². The molecule has 1 aliphatic heterocycles. The van der Waals surface area contributed by atoms with E-state index in [0.29, 0.717) is 19.8 Å². The maximum Gasteiger partial charge on any atom is 0.191 e. The fraction of sp³-hybridized carbons (Fsp3) is 0.696. The number of halogens is 1. The molecule has 6 nitrogen and oxygen atoms in total. The molecule has 0 bridgehead atoms. The van der Waals surface area contributed by atoms with Crippen molar-refractivity contribution in [3.05, 3.63) is 35.9 Å². The van der Waals surface area contributed by atoms with Crippen LogP contribution in [0, 0.1) is 0 Å². The van der Waals surface area contributed by atoms with E-state index < -0.39 is 0 Å². The molecule has 0 aromatic heterocycles. The maximum absolute atomic E-state index is 5.64. The molecule has 0 radical (unpaired) electrons. The number of ether oxygens (including phenoxy) is 3. The topological polar surface area (TPSA) is 64.1 Å². The van der Waals surface area contributed by atoms with Gasteiger partial charge in [0.2, 0.25) is 0 Å². The number of hydrogen-bond donors (Lipinski definition) is 2. The average Bonchev–Trinajstić information content (AvgIpc) is 2.77. The first-order valence-corrected chi connectivity index (χ1v) is 11.1. The quantitative estimate of drug-likeness (QED) is 0.175. The summed E-state index contributed by atoms with van der Waals surface area (Å²) in [6.07, 6.45) is 4.28. The van der Waals surface area contributed by atoms with Gasteiger partial charge in [0.05, 0.1) is 26.4 Å². The molecule has 0 saturated carbocycles. The Labute approximate surface area is 199 Å². The van der Waals surface area contributed by atoms with Gasteiger partial charge in [-0.3, -0.25) is 4.99 Å². The van der Waals surface area contributed by atoms with Gasteiger partial charge in [-0.1, -0.05) is 43.7 Å². The minimum absolute atomic E-state index is 0. The molecule has 1 aliphatic rings. The Hall–Kier alpha value is -0.900.